The van der Waals surface area contributed by atoms with Gasteiger partial charge in [0.1, 0.15) is 0 Å². The first-order valence-corrected chi connectivity index (χ1v) is 11.7. The summed E-state index contributed by atoms with van der Waals surface area (Å²) in [6.45, 7) is 1.99. The lowest BCUT2D eigenvalue weighted by molar-refractivity contribution is -0.118. The van der Waals surface area contributed by atoms with Gasteiger partial charge in [0.2, 0.25) is 0 Å². The van der Waals surface area contributed by atoms with E-state index in [2.05, 4.69) is 15.5 Å². The van der Waals surface area contributed by atoms with Gasteiger partial charge >= 0.3 is 0 Å². The molecule has 1 heterocycles. The molecule has 172 valence electrons. The lowest BCUT2D eigenvalue weighted by Gasteiger charge is -2.13. The molecule has 0 saturated heterocycles. The third kappa shape index (κ3) is 5.35. The predicted molar refractivity (Wildman–Crippen MR) is 139 cm³/mol. The van der Waals surface area contributed by atoms with E-state index in [1.807, 2.05) is 86.6 Å². The molecule has 0 aliphatic carbocycles. The van der Waals surface area contributed by atoms with Crippen LogP contribution in [-0.4, -0.2) is 41.5 Å². The van der Waals surface area contributed by atoms with Gasteiger partial charge in [-0.15, -0.1) is 0 Å². The zero-order valence-corrected chi connectivity index (χ0v) is 20.0. The number of nitrogens with one attached hydrogen (secondary N) is 1. The standard InChI is InChI=1S/C26H25N5O2S/c1-18-8-12-21(13-9-18)31-25(33)22-6-4-5-7-23(22)28-26(31)34-17-24(32)29-27-16-19-10-14-20(15-11-19)30(2)3/h4-16H,17H2,1-3H3,(H,29,32)/b27-16-. The molecule has 4 rings (SSSR count). The van der Waals surface area contributed by atoms with Gasteiger partial charge in [-0.1, -0.05) is 53.7 Å². The van der Waals surface area contributed by atoms with Crippen LogP contribution in [0.25, 0.3) is 16.6 Å². The summed E-state index contributed by atoms with van der Waals surface area (Å²) in [4.78, 5) is 32.4. The van der Waals surface area contributed by atoms with Crippen LogP contribution in [0.4, 0.5) is 5.69 Å². The van der Waals surface area contributed by atoms with Crippen molar-refractivity contribution in [2.24, 2.45) is 5.10 Å². The lowest BCUT2D eigenvalue weighted by Crippen LogP contribution is -2.24. The largest absolute Gasteiger partial charge is 0.378 e. The second kappa shape index (κ2) is 10.4. The van der Waals surface area contributed by atoms with Crippen LogP contribution in [0.15, 0.2) is 87.8 Å². The van der Waals surface area contributed by atoms with E-state index >= 15 is 0 Å². The smallest absolute Gasteiger partial charge is 0.266 e. The van der Waals surface area contributed by atoms with Crippen molar-refractivity contribution in [1.82, 2.24) is 15.0 Å². The number of benzene rings is 3. The fourth-order valence-electron chi connectivity index (χ4n) is 3.33. The molecule has 7 nitrogen and oxygen atoms in total. The summed E-state index contributed by atoms with van der Waals surface area (Å²) in [6, 6.07) is 22.7. The van der Waals surface area contributed by atoms with Gasteiger partial charge in [-0.25, -0.2) is 10.4 Å². The summed E-state index contributed by atoms with van der Waals surface area (Å²) in [5.41, 5.74) is 6.72. The zero-order valence-electron chi connectivity index (χ0n) is 19.2. The minimum Gasteiger partial charge on any atom is -0.378 e. The normalized spacial score (nSPS) is 11.1. The maximum Gasteiger partial charge on any atom is 0.266 e. The van der Waals surface area contributed by atoms with Gasteiger partial charge in [0, 0.05) is 19.8 Å². The Labute approximate surface area is 202 Å². The molecule has 0 aliphatic heterocycles. The fraction of sp³-hybridized carbons (Fsp3) is 0.154. The van der Waals surface area contributed by atoms with Crippen molar-refractivity contribution >= 4 is 40.5 Å². The van der Waals surface area contributed by atoms with E-state index in [0.717, 1.165) is 16.8 Å². The third-order valence-corrected chi connectivity index (χ3v) is 6.12. The van der Waals surface area contributed by atoms with Crippen LogP contribution in [-0.2, 0) is 4.79 Å². The Balaban J connectivity index is 1.51. The number of aromatic nitrogens is 2. The molecule has 0 radical (unpaired) electrons. The highest BCUT2D eigenvalue weighted by Crippen LogP contribution is 2.21. The zero-order chi connectivity index (χ0) is 24.1. The Bertz CT molecular complexity index is 1390. The number of aryl methyl sites for hydroxylation is 1. The summed E-state index contributed by atoms with van der Waals surface area (Å²) in [5.74, 6) is -0.225. The van der Waals surface area contributed by atoms with E-state index in [4.69, 9.17) is 0 Å². The molecule has 0 atom stereocenters. The molecule has 1 N–H and O–H groups in total. The minimum atomic E-state index is -0.288. The SMILES string of the molecule is Cc1ccc(-n2c(SCC(=O)N/N=C\c3ccc(N(C)C)cc3)nc3ccccc3c2=O)cc1. The van der Waals surface area contributed by atoms with Crippen LogP contribution >= 0.6 is 11.8 Å². The monoisotopic (exact) mass is 471 g/mol. The molecule has 0 unspecified atom stereocenters. The van der Waals surface area contributed by atoms with Gasteiger partial charge in [-0.2, -0.15) is 5.10 Å². The molecule has 4 aromatic rings. The van der Waals surface area contributed by atoms with Crippen LogP contribution in [0.2, 0.25) is 0 Å². The van der Waals surface area contributed by atoms with E-state index in [0.29, 0.717) is 21.7 Å². The number of hydrazone groups is 1. The number of anilines is 1. The number of amides is 1. The lowest BCUT2D eigenvalue weighted by atomic mass is 10.2. The number of rotatable bonds is 7. The molecular weight excluding hydrogens is 446 g/mol. The van der Waals surface area contributed by atoms with Crippen molar-refractivity contribution in [1.29, 1.82) is 0 Å². The van der Waals surface area contributed by atoms with Crippen molar-refractivity contribution in [3.05, 3.63) is 94.3 Å². The molecular formula is C26H25N5O2S. The number of fused-ring (bicyclic) bond motifs is 1. The fourth-order valence-corrected chi connectivity index (χ4v) is 4.14. The van der Waals surface area contributed by atoms with Gasteiger partial charge in [-0.3, -0.25) is 14.2 Å². The van der Waals surface area contributed by atoms with Crippen molar-refractivity contribution in [3.8, 4) is 5.69 Å². The Kier molecular flexibility index (Phi) is 7.08. The van der Waals surface area contributed by atoms with Crippen LogP contribution in [0, 0.1) is 6.92 Å². The summed E-state index contributed by atoms with van der Waals surface area (Å²) in [5, 5.41) is 5.03. The van der Waals surface area contributed by atoms with E-state index < -0.39 is 0 Å². The average molecular weight is 472 g/mol. The molecule has 34 heavy (non-hydrogen) atoms. The van der Waals surface area contributed by atoms with E-state index in [9.17, 15) is 9.59 Å². The number of hydrogen-bond acceptors (Lipinski definition) is 6. The number of nitrogens with zero attached hydrogens (tertiary/aromatic N) is 4. The highest BCUT2D eigenvalue weighted by molar-refractivity contribution is 7.99. The second-order valence-corrected chi connectivity index (χ2v) is 8.90. The van der Waals surface area contributed by atoms with Gasteiger partial charge in [-0.05, 0) is 48.9 Å². The Hall–Kier alpha value is -3.91. The van der Waals surface area contributed by atoms with Crippen LogP contribution in [0.5, 0.6) is 0 Å². The maximum absolute atomic E-state index is 13.3. The Morgan fingerprint density at radius 2 is 1.76 bits per heavy atom. The molecule has 0 spiro atoms. The van der Waals surface area contributed by atoms with Gasteiger partial charge in [0.15, 0.2) is 5.16 Å². The van der Waals surface area contributed by atoms with E-state index in [1.54, 1.807) is 22.9 Å². The Morgan fingerprint density at radius 1 is 1.06 bits per heavy atom. The van der Waals surface area contributed by atoms with Crippen LogP contribution in [0.1, 0.15) is 11.1 Å². The number of carbonyl (C=O) groups is 1. The van der Waals surface area contributed by atoms with E-state index in [1.165, 1.54) is 11.8 Å². The first-order valence-electron chi connectivity index (χ1n) is 10.7. The van der Waals surface area contributed by atoms with Gasteiger partial charge in [0.25, 0.3) is 11.5 Å². The van der Waals surface area contributed by atoms with Crippen LogP contribution < -0.4 is 15.9 Å². The van der Waals surface area contributed by atoms with Gasteiger partial charge < -0.3 is 4.90 Å². The second-order valence-electron chi connectivity index (χ2n) is 7.96. The molecule has 3 aromatic carbocycles. The summed E-state index contributed by atoms with van der Waals surface area (Å²) in [7, 11) is 3.95. The van der Waals surface area contributed by atoms with Crippen molar-refractivity contribution in [2.45, 2.75) is 12.1 Å². The van der Waals surface area contributed by atoms with E-state index in [-0.39, 0.29) is 17.2 Å². The molecule has 8 heteroatoms. The van der Waals surface area contributed by atoms with Gasteiger partial charge in [0.05, 0.1) is 28.6 Å². The van der Waals surface area contributed by atoms with Crippen molar-refractivity contribution in [3.63, 3.8) is 0 Å². The average Bonchev–Trinajstić information content (AvgIpc) is 2.84. The minimum absolute atomic E-state index is 0.0630. The highest BCUT2D eigenvalue weighted by atomic mass is 32.2. The first-order chi connectivity index (χ1) is 16.4. The van der Waals surface area contributed by atoms with Crippen molar-refractivity contribution < 1.29 is 4.79 Å². The summed E-state index contributed by atoms with van der Waals surface area (Å²) < 4.78 is 1.55. The van der Waals surface area contributed by atoms with Crippen molar-refractivity contribution in [2.75, 3.05) is 24.7 Å². The number of thioether (sulfide) groups is 1. The molecule has 1 aromatic heterocycles. The first kappa shape index (κ1) is 23.3. The third-order valence-electron chi connectivity index (χ3n) is 5.18. The molecule has 0 aliphatic rings. The Morgan fingerprint density at radius 3 is 2.47 bits per heavy atom. The molecule has 0 fully saturated rings. The molecule has 0 saturated carbocycles. The topological polar surface area (TPSA) is 79.6 Å². The number of carbonyl (C=O) groups excluding carboxylic acids is 1. The molecule has 0 bridgehead atoms. The molecule has 1 amide bonds. The number of para-hydroxylation sites is 1. The highest BCUT2D eigenvalue weighted by Gasteiger charge is 2.14. The summed E-state index contributed by atoms with van der Waals surface area (Å²) in [6.07, 6.45) is 1.60. The summed E-state index contributed by atoms with van der Waals surface area (Å²) >= 11 is 1.20. The van der Waals surface area contributed by atoms with Crippen LogP contribution in [0.3, 0.4) is 0 Å². The predicted octanol–water partition coefficient (Wildman–Crippen LogP) is 4.00. The number of hydrogen-bond donors (Lipinski definition) is 1. The maximum atomic E-state index is 13.3. The quantitative estimate of drug-likeness (QED) is 0.191.